The average Bonchev–Trinajstić information content (AvgIpc) is 2.96. The molecule has 1 aliphatic rings. The van der Waals surface area contributed by atoms with Gasteiger partial charge in [-0.05, 0) is 19.1 Å². The quantitative estimate of drug-likeness (QED) is 0.855. The van der Waals surface area contributed by atoms with Gasteiger partial charge in [-0.2, -0.15) is 0 Å². The number of aryl methyl sites for hydroxylation is 1. The lowest BCUT2D eigenvalue weighted by Crippen LogP contribution is -2.37. The number of aromatic nitrogens is 2. The molecule has 1 saturated heterocycles. The molecule has 1 atom stereocenters. The number of anilines is 1. The van der Waals surface area contributed by atoms with Crippen LogP contribution >= 0.6 is 11.8 Å². The highest BCUT2D eigenvalue weighted by Crippen LogP contribution is 2.18. The van der Waals surface area contributed by atoms with Gasteiger partial charge in [-0.15, -0.1) is 11.8 Å². The lowest BCUT2D eigenvalue weighted by Gasteiger charge is -2.10. The standard InChI is InChI=1S/C12H14N4OS/c1-8-5-16-4-2-3-9(11(16)14-8)15-12(17)10-6-18-7-13-10/h2-5,10,13H,6-7H2,1H3,(H,15,17). The lowest BCUT2D eigenvalue weighted by atomic mass is 10.3. The Hall–Kier alpha value is -1.53. The van der Waals surface area contributed by atoms with Gasteiger partial charge in [0.15, 0.2) is 5.65 Å². The van der Waals surface area contributed by atoms with E-state index in [2.05, 4.69) is 15.6 Å². The minimum Gasteiger partial charge on any atom is -0.322 e. The first-order valence-corrected chi connectivity index (χ1v) is 6.96. The van der Waals surface area contributed by atoms with Crippen LogP contribution in [0.5, 0.6) is 0 Å². The van der Waals surface area contributed by atoms with Crippen LogP contribution in [0.4, 0.5) is 5.69 Å². The van der Waals surface area contributed by atoms with Gasteiger partial charge < -0.3 is 9.72 Å². The molecule has 1 aliphatic heterocycles. The third kappa shape index (κ3) is 2.09. The molecule has 0 bridgehead atoms. The number of imidazole rings is 1. The summed E-state index contributed by atoms with van der Waals surface area (Å²) in [5.41, 5.74) is 2.48. The first-order valence-electron chi connectivity index (χ1n) is 5.80. The fourth-order valence-corrected chi connectivity index (χ4v) is 2.96. The van der Waals surface area contributed by atoms with Gasteiger partial charge in [0, 0.05) is 24.0 Å². The first-order chi connectivity index (χ1) is 8.74. The second-order valence-corrected chi connectivity index (χ2v) is 5.33. The monoisotopic (exact) mass is 262 g/mol. The Kier molecular flexibility index (Phi) is 2.97. The zero-order chi connectivity index (χ0) is 12.5. The van der Waals surface area contributed by atoms with Gasteiger partial charge >= 0.3 is 0 Å². The van der Waals surface area contributed by atoms with Gasteiger partial charge in [-0.3, -0.25) is 10.1 Å². The van der Waals surface area contributed by atoms with E-state index in [0.717, 1.165) is 28.7 Å². The summed E-state index contributed by atoms with van der Waals surface area (Å²) in [6, 6.07) is 3.67. The third-order valence-corrected chi connectivity index (χ3v) is 3.83. The molecule has 0 spiro atoms. The highest BCUT2D eigenvalue weighted by atomic mass is 32.2. The molecule has 94 valence electrons. The topological polar surface area (TPSA) is 58.4 Å². The fourth-order valence-electron chi connectivity index (χ4n) is 2.02. The summed E-state index contributed by atoms with van der Waals surface area (Å²) < 4.78 is 1.92. The predicted molar refractivity (Wildman–Crippen MR) is 72.8 cm³/mol. The van der Waals surface area contributed by atoms with E-state index in [0.29, 0.717) is 0 Å². The Bertz CT molecular complexity index is 589. The number of carbonyl (C=O) groups excluding carboxylic acids is 1. The molecule has 1 unspecified atom stereocenters. The maximum atomic E-state index is 12.0. The van der Waals surface area contributed by atoms with Crippen LogP contribution in [0.15, 0.2) is 24.5 Å². The zero-order valence-corrected chi connectivity index (χ0v) is 10.8. The molecule has 2 aromatic heterocycles. The minimum atomic E-state index is -0.105. The van der Waals surface area contributed by atoms with Crippen molar-refractivity contribution in [1.29, 1.82) is 0 Å². The van der Waals surface area contributed by atoms with Crippen molar-refractivity contribution >= 4 is 29.0 Å². The highest BCUT2D eigenvalue weighted by Gasteiger charge is 2.23. The molecule has 2 aromatic rings. The Labute approximate surface area is 109 Å². The van der Waals surface area contributed by atoms with E-state index in [1.807, 2.05) is 35.9 Å². The highest BCUT2D eigenvalue weighted by molar-refractivity contribution is 7.99. The molecule has 3 heterocycles. The van der Waals surface area contributed by atoms with Gasteiger partial charge in [0.05, 0.1) is 17.4 Å². The Morgan fingerprint density at radius 3 is 3.33 bits per heavy atom. The first kappa shape index (κ1) is 11.6. The number of pyridine rings is 1. The van der Waals surface area contributed by atoms with Crippen LogP contribution < -0.4 is 10.6 Å². The molecule has 1 fully saturated rings. The van der Waals surface area contributed by atoms with Crippen molar-refractivity contribution in [1.82, 2.24) is 14.7 Å². The summed E-state index contributed by atoms with van der Waals surface area (Å²) in [5.74, 6) is 1.67. The summed E-state index contributed by atoms with van der Waals surface area (Å²) in [6.45, 7) is 1.94. The minimum absolute atomic E-state index is 0.00810. The van der Waals surface area contributed by atoms with Gasteiger partial charge in [0.25, 0.3) is 0 Å². The summed E-state index contributed by atoms with van der Waals surface area (Å²) >= 11 is 1.74. The number of rotatable bonds is 2. The molecule has 0 aromatic carbocycles. The number of carbonyl (C=O) groups is 1. The lowest BCUT2D eigenvalue weighted by molar-refractivity contribution is -0.117. The number of hydrogen-bond acceptors (Lipinski definition) is 4. The second kappa shape index (κ2) is 4.62. The average molecular weight is 262 g/mol. The van der Waals surface area contributed by atoms with Gasteiger partial charge in [-0.25, -0.2) is 4.98 Å². The van der Waals surface area contributed by atoms with E-state index >= 15 is 0 Å². The SMILES string of the molecule is Cc1cn2cccc(NC(=O)C3CSCN3)c2n1. The van der Waals surface area contributed by atoms with E-state index in [1.165, 1.54) is 0 Å². The molecule has 6 heteroatoms. The zero-order valence-electron chi connectivity index (χ0n) is 10.0. The van der Waals surface area contributed by atoms with E-state index in [9.17, 15) is 4.79 Å². The number of hydrogen-bond donors (Lipinski definition) is 2. The predicted octanol–water partition coefficient (Wildman–Crippen LogP) is 1.24. The Morgan fingerprint density at radius 2 is 2.56 bits per heavy atom. The van der Waals surface area contributed by atoms with Crippen molar-refractivity contribution in [3.8, 4) is 0 Å². The number of nitrogens with one attached hydrogen (secondary N) is 2. The van der Waals surface area contributed by atoms with Crippen LogP contribution in [0.2, 0.25) is 0 Å². The summed E-state index contributed by atoms with van der Waals surface area (Å²) in [7, 11) is 0. The number of fused-ring (bicyclic) bond motifs is 1. The van der Waals surface area contributed by atoms with E-state index in [-0.39, 0.29) is 11.9 Å². The second-order valence-electron chi connectivity index (χ2n) is 4.30. The van der Waals surface area contributed by atoms with Crippen LogP contribution in [0.25, 0.3) is 5.65 Å². The maximum Gasteiger partial charge on any atom is 0.242 e. The van der Waals surface area contributed by atoms with Gasteiger partial charge in [0.1, 0.15) is 0 Å². The summed E-state index contributed by atoms with van der Waals surface area (Å²) in [5, 5.41) is 6.10. The van der Waals surface area contributed by atoms with Crippen LogP contribution in [-0.2, 0) is 4.79 Å². The molecule has 0 saturated carbocycles. The summed E-state index contributed by atoms with van der Waals surface area (Å²) in [4.78, 5) is 16.5. The van der Waals surface area contributed by atoms with Crippen molar-refractivity contribution in [3.63, 3.8) is 0 Å². The molecule has 3 rings (SSSR count). The molecule has 2 N–H and O–H groups in total. The van der Waals surface area contributed by atoms with Gasteiger partial charge in [-0.1, -0.05) is 0 Å². The van der Waals surface area contributed by atoms with Crippen molar-refractivity contribution in [3.05, 3.63) is 30.2 Å². The molecule has 0 aliphatic carbocycles. The van der Waals surface area contributed by atoms with Crippen LogP contribution in [0, 0.1) is 6.92 Å². The van der Waals surface area contributed by atoms with Crippen molar-refractivity contribution in [2.75, 3.05) is 16.9 Å². The van der Waals surface area contributed by atoms with Crippen LogP contribution in [0.1, 0.15) is 5.69 Å². The van der Waals surface area contributed by atoms with Crippen molar-refractivity contribution in [2.24, 2.45) is 0 Å². The number of nitrogens with zero attached hydrogens (tertiary/aromatic N) is 2. The molecule has 0 radical (unpaired) electrons. The number of amides is 1. The van der Waals surface area contributed by atoms with E-state index in [4.69, 9.17) is 0 Å². The molecule has 5 nitrogen and oxygen atoms in total. The van der Waals surface area contributed by atoms with Crippen LogP contribution in [-0.4, -0.2) is 33.0 Å². The smallest absolute Gasteiger partial charge is 0.242 e. The van der Waals surface area contributed by atoms with Crippen LogP contribution in [0.3, 0.4) is 0 Å². The Balaban J connectivity index is 1.87. The molecular weight excluding hydrogens is 248 g/mol. The number of thioether (sulfide) groups is 1. The van der Waals surface area contributed by atoms with Crippen molar-refractivity contribution in [2.45, 2.75) is 13.0 Å². The normalized spacial score (nSPS) is 19.3. The van der Waals surface area contributed by atoms with Crippen molar-refractivity contribution < 1.29 is 4.79 Å². The summed E-state index contributed by atoms with van der Waals surface area (Å²) in [6.07, 6.45) is 3.86. The van der Waals surface area contributed by atoms with E-state index in [1.54, 1.807) is 11.8 Å². The van der Waals surface area contributed by atoms with E-state index < -0.39 is 0 Å². The molecular formula is C12H14N4OS. The molecule has 1 amide bonds. The fraction of sp³-hybridized carbons (Fsp3) is 0.333. The maximum absolute atomic E-state index is 12.0. The third-order valence-electron chi connectivity index (χ3n) is 2.89. The largest absolute Gasteiger partial charge is 0.322 e. The molecule has 18 heavy (non-hydrogen) atoms. The Morgan fingerprint density at radius 1 is 1.67 bits per heavy atom. The van der Waals surface area contributed by atoms with Gasteiger partial charge in [0.2, 0.25) is 5.91 Å².